The van der Waals surface area contributed by atoms with E-state index < -0.39 is 12.0 Å². The summed E-state index contributed by atoms with van der Waals surface area (Å²) in [4.78, 5) is 33.5. The summed E-state index contributed by atoms with van der Waals surface area (Å²) >= 11 is 7.81. The zero-order valence-corrected chi connectivity index (χ0v) is 22.7. The molecule has 1 aromatic carbocycles. The smallest absolute Gasteiger partial charge is 0.338 e. The van der Waals surface area contributed by atoms with Crippen LogP contribution in [0.4, 0.5) is 0 Å². The summed E-state index contributed by atoms with van der Waals surface area (Å²) in [5, 5.41) is 2.63. The lowest BCUT2D eigenvalue weighted by Gasteiger charge is -2.23. The standard InChI is InChI=1S/C25H19BrN2O4S3/c1-3-31-23(30)20-14(2)27-25-28(21(20)18-10-7-11-33-18)22(29)19(35-25)13-15-12-17(26)24(32-15)34-16-8-5-4-6-9-16/h4-13,21H,3H2,1-2H3/b19-13+/t21-/m1/s1. The highest BCUT2D eigenvalue weighted by atomic mass is 79.9. The normalized spacial score (nSPS) is 15.7. The highest BCUT2D eigenvalue weighted by Gasteiger charge is 2.33. The van der Waals surface area contributed by atoms with Crippen LogP contribution in [0.3, 0.4) is 0 Å². The number of nitrogens with zero attached hydrogens (tertiary/aromatic N) is 2. The molecule has 6 nitrogen and oxygen atoms in total. The van der Waals surface area contributed by atoms with E-state index in [-0.39, 0.29) is 12.2 Å². The van der Waals surface area contributed by atoms with Gasteiger partial charge >= 0.3 is 5.97 Å². The number of fused-ring (bicyclic) bond motifs is 1. The minimum Gasteiger partial charge on any atom is -0.463 e. The molecule has 178 valence electrons. The fourth-order valence-electron chi connectivity index (χ4n) is 3.74. The average molecular weight is 588 g/mol. The number of rotatable bonds is 6. The number of benzene rings is 1. The Morgan fingerprint density at radius 2 is 2.09 bits per heavy atom. The Balaban J connectivity index is 1.59. The predicted molar refractivity (Wildman–Crippen MR) is 142 cm³/mol. The van der Waals surface area contributed by atoms with Gasteiger partial charge in [-0.3, -0.25) is 9.36 Å². The maximum absolute atomic E-state index is 13.6. The first kappa shape index (κ1) is 24.1. The molecule has 4 heterocycles. The minimum absolute atomic E-state index is 0.230. The van der Waals surface area contributed by atoms with Gasteiger partial charge in [-0.1, -0.05) is 47.4 Å². The van der Waals surface area contributed by atoms with Crippen LogP contribution in [0, 0.1) is 0 Å². The Kier molecular flexibility index (Phi) is 6.97. The summed E-state index contributed by atoms with van der Waals surface area (Å²) in [7, 11) is 0. The van der Waals surface area contributed by atoms with Crippen molar-refractivity contribution in [3.8, 4) is 0 Å². The molecule has 0 saturated carbocycles. The number of carbonyl (C=O) groups is 1. The number of hydrogen-bond donors (Lipinski definition) is 0. The van der Waals surface area contributed by atoms with Crippen molar-refractivity contribution < 1.29 is 13.9 Å². The first-order valence-corrected chi connectivity index (χ1v) is 14.0. The van der Waals surface area contributed by atoms with Crippen LogP contribution in [0.25, 0.3) is 6.08 Å². The van der Waals surface area contributed by atoms with Gasteiger partial charge in [0, 0.05) is 15.8 Å². The lowest BCUT2D eigenvalue weighted by molar-refractivity contribution is -0.139. The van der Waals surface area contributed by atoms with Gasteiger partial charge in [0.2, 0.25) is 0 Å². The molecule has 0 spiro atoms. The third kappa shape index (κ3) is 4.75. The molecule has 35 heavy (non-hydrogen) atoms. The number of furan rings is 1. The number of thiophene rings is 1. The maximum atomic E-state index is 13.6. The Morgan fingerprint density at radius 3 is 2.80 bits per heavy atom. The first-order chi connectivity index (χ1) is 17.0. The van der Waals surface area contributed by atoms with Crippen molar-refractivity contribution in [3.05, 3.63) is 100.0 Å². The van der Waals surface area contributed by atoms with Gasteiger partial charge in [0.25, 0.3) is 5.56 Å². The second-order valence-corrected chi connectivity index (χ2v) is 11.4. The molecule has 0 unspecified atom stereocenters. The van der Waals surface area contributed by atoms with Crippen molar-refractivity contribution in [2.45, 2.75) is 29.9 Å². The van der Waals surface area contributed by atoms with Crippen molar-refractivity contribution in [3.63, 3.8) is 0 Å². The van der Waals surface area contributed by atoms with Crippen molar-refractivity contribution in [2.75, 3.05) is 6.61 Å². The van der Waals surface area contributed by atoms with E-state index in [0.29, 0.717) is 31.5 Å². The maximum Gasteiger partial charge on any atom is 0.338 e. The fourth-order valence-corrected chi connectivity index (χ4v) is 6.94. The molecular formula is C25H19BrN2O4S3. The Bertz CT molecular complexity index is 1600. The second kappa shape index (κ2) is 10.1. The van der Waals surface area contributed by atoms with Crippen LogP contribution in [-0.4, -0.2) is 17.1 Å². The van der Waals surface area contributed by atoms with Crippen molar-refractivity contribution in [2.24, 2.45) is 4.99 Å². The van der Waals surface area contributed by atoms with Crippen LogP contribution in [0.15, 0.2) is 93.8 Å². The summed E-state index contributed by atoms with van der Waals surface area (Å²) in [6, 6.07) is 15.0. The van der Waals surface area contributed by atoms with Gasteiger partial charge in [-0.05, 0) is 59.4 Å². The largest absolute Gasteiger partial charge is 0.463 e. The molecule has 0 N–H and O–H groups in total. The summed E-state index contributed by atoms with van der Waals surface area (Å²) in [6.45, 7) is 3.78. The third-order valence-electron chi connectivity index (χ3n) is 5.23. The Morgan fingerprint density at radius 1 is 1.29 bits per heavy atom. The van der Waals surface area contributed by atoms with Crippen LogP contribution in [0.1, 0.15) is 30.5 Å². The number of hydrogen-bond acceptors (Lipinski definition) is 8. The molecule has 5 rings (SSSR count). The van der Waals surface area contributed by atoms with E-state index in [2.05, 4.69) is 20.9 Å². The van der Waals surface area contributed by atoms with Crippen LogP contribution in [0.5, 0.6) is 0 Å². The number of allylic oxidation sites excluding steroid dienone is 1. The molecule has 4 aromatic rings. The van der Waals surface area contributed by atoms with Gasteiger partial charge in [-0.25, -0.2) is 9.79 Å². The molecule has 0 amide bonds. The zero-order chi connectivity index (χ0) is 24.5. The van der Waals surface area contributed by atoms with Gasteiger partial charge in [-0.2, -0.15) is 0 Å². The van der Waals surface area contributed by atoms with Crippen LogP contribution in [-0.2, 0) is 9.53 Å². The van der Waals surface area contributed by atoms with E-state index in [1.54, 1.807) is 24.5 Å². The fraction of sp³-hybridized carbons (Fsp3) is 0.160. The SMILES string of the molecule is CCOC(=O)C1=C(C)N=c2s/c(=C/c3cc(Br)c(Sc4ccccc4)o3)c(=O)n2[C@@H]1c1cccs1. The predicted octanol–water partition coefficient (Wildman–Crippen LogP) is 5.37. The summed E-state index contributed by atoms with van der Waals surface area (Å²) < 4.78 is 14.2. The number of carbonyl (C=O) groups excluding carboxylic acids is 1. The van der Waals surface area contributed by atoms with Gasteiger partial charge in [0.05, 0.1) is 26.9 Å². The van der Waals surface area contributed by atoms with E-state index in [4.69, 9.17) is 9.15 Å². The molecule has 1 atom stereocenters. The zero-order valence-electron chi connectivity index (χ0n) is 18.7. The summed E-state index contributed by atoms with van der Waals surface area (Å²) in [5.74, 6) is 0.0912. The number of halogens is 1. The van der Waals surface area contributed by atoms with Crippen LogP contribution in [0.2, 0.25) is 0 Å². The molecule has 3 aromatic heterocycles. The molecule has 10 heteroatoms. The summed E-state index contributed by atoms with van der Waals surface area (Å²) in [5.41, 5.74) is 0.707. The monoisotopic (exact) mass is 586 g/mol. The first-order valence-electron chi connectivity index (χ1n) is 10.7. The molecule has 1 aliphatic heterocycles. The van der Waals surface area contributed by atoms with E-state index in [1.807, 2.05) is 53.9 Å². The lowest BCUT2D eigenvalue weighted by Crippen LogP contribution is -2.39. The van der Waals surface area contributed by atoms with E-state index >= 15 is 0 Å². The molecule has 0 aliphatic carbocycles. The highest BCUT2D eigenvalue weighted by molar-refractivity contribution is 9.10. The number of aromatic nitrogens is 1. The molecule has 0 radical (unpaired) electrons. The molecule has 1 aliphatic rings. The van der Waals surface area contributed by atoms with Crippen molar-refractivity contribution >= 4 is 62.4 Å². The molecular weight excluding hydrogens is 568 g/mol. The quantitative estimate of drug-likeness (QED) is 0.284. The van der Waals surface area contributed by atoms with Crippen LogP contribution >= 0.6 is 50.4 Å². The number of ether oxygens (including phenoxy) is 1. The van der Waals surface area contributed by atoms with Gasteiger partial charge in [0.15, 0.2) is 9.89 Å². The molecule has 0 fully saturated rings. The Hall–Kier alpha value is -2.66. The number of esters is 1. The molecule has 0 bridgehead atoms. The summed E-state index contributed by atoms with van der Waals surface area (Å²) in [6.07, 6.45) is 1.72. The number of thiazole rings is 1. The van der Waals surface area contributed by atoms with Gasteiger partial charge in [0.1, 0.15) is 11.8 Å². The topological polar surface area (TPSA) is 73.8 Å². The lowest BCUT2D eigenvalue weighted by atomic mass is 10.0. The van der Waals surface area contributed by atoms with E-state index in [9.17, 15) is 9.59 Å². The average Bonchev–Trinajstić information content (AvgIpc) is 3.55. The van der Waals surface area contributed by atoms with Crippen molar-refractivity contribution in [1.82, 2.24) is 4.57 Å². The van der Waals surface area contributed by atoms with E-state index in [1.165, 1.54) is 34.4 Å². The third-order valence-corrected chi connectivity index (χ3v) is 8.99. The highest BCUT2D eigenvalue weighted by Crippen LogP contribution is 2.36. The second-order valence-electron chi connectivity index (χ2n) is 7.52. The van der Waals surface area contributed by atoms with Gasteiger partial charge in [-0.15, -0.1) is 11.3 Å². The van der Waals surface area contributed by atoms with Gasteiger partial charge < -0.3 is 9.15 Å². The van der Waals surface area contributed by atoms with E-state index in [0.717, 1.165) is 14.2 Å². The molecule has 0 saturated heterocycles. The van der Waals surface area contributed by atoms with Crippen LogP contribution < -0.4 is 14.9 Å². The Labute approximate surface area is 221 Å². The van der Waals surface area contributed by atoms with Crippen molar-refractivity contribution in [1.29, 1.82) is 0 Å². The minimum atomic E-state index is -0.583.